The van der Waals surface area contributed by atoms with E-state index in [1.165, 1.54) is 68.1 Å². The summed E-state index contributed by atoms with van der Waals surface area (Å²) in [6.07, 6.45) is 10.4. The molecule has 0 spiro atoms. The lowest BCUT2D eigenvalue weighted by Gasteiger charge is -2.31. The van der Waals surface area contributed by atoms with E-state index in [-0.39, 0.29) is 0 Å². The van der Waals surface area contributed by atoms with Crippen LogP contribution in [0.5, 0.6) is 5.75 Å². The molecule has 0 aliphatic heterocycles. The van der Waals surface area contributed by atoms with Crippen molar-refractivity contribution in [3.05, 3.63) is 62.7 Å². The second-order valence-corrected chi connectivity index (χ2v) is 10.2. The summed E-state index contributed by atoms with van der Waals surface area (Å²) in [6, 6.07) is 7.06. The highest BCUT2D eigenvalue weighted by atomic mass is 16.5. The summed E-state index contributed by atoms with van der Waals surface area (Å²) < 4.78 is 5.73. The van der Waals surface area contributed by atoms with Crippen LogP contribution in [0.4, 0.5) is 0 Å². The maximum absolute atomic E-state index is 5.73. The Morgan fingerprint density at radius 3 is 2.37 bits per heavy atom. The van der Waals surface area contributed by atoms with Crippen molar-refractivity contribution >= 4 is 0 Å². The van der Waals surface area contributed by atoms with Gasteiger partial charge in [-0.25, -0.2) is 0 Å². The lowest BCUT2D eigenvalue weighted by atomic mass is 9.75. The third-order valence-corrected chi connectivity index (χ3v) is 7.89. The minimum Gasteiger partial charge on any atom is -0.496 e. The zero-order valence-corrected chi connectivity index (χ0v) is 20.0. The van der Waals surface area contributed by atoms with Crippen LogP contribution in [0.2, 0.25) is 0 Å². The Morgan fingerprint density at radius 1 is 0.900 bits per heavy atom. The maximum atomic E-state index is 5.73. The summed E-state index contributed by atoms with van der Waals surface area (Å²) in [5, 5.41) is 0. The number of benzene rings is 2. The molecule has 0 amide bonds. The van der Waals surface area contributed by atoms with Crippen molar-refractivity contribution in [2.75, 3.05) is 7.11 Å². The quantitative estimate of drug-likeness (QED) is 0.475. The molecule has 0 aromatic heterocycles. The van der Waals surface area contributed by atoms with Gasteiger partial charge in [-0.1, -0.05) is 32.9 Å². The van der Waals surface area contributed by atoms with Crippen molar-refractivity contribution in [1.82, 2.24) is 0 Å². The van der Waals surface area contributed by atoms with Gasteiger partial charge in [0.05, 0.1) is 7.11 Å². The van der Waals surface area contributed by atoms with Crippen molar-refractivity contribution in [1.29, 1.82) is 0 Å². The fraction of sp³-hybridized carbons (Fsp3) is 0.586. The predicted octanol–water partition coefficient (Wildman–Crippen LogP) is 7.93. The smallest absolute Gasteiger partial charge is 0.122 e. The summed E-state index contributed by atoms with van der Waals surface area (Å²) in [5.74, 6) is 2.97. The second kappa shape index (κ2) is 8.77. The molecule has 2 aliphatic rings. The zero-order chi connectivity index (χ0) is 21.4. The Balaban J connectivity index is 1.57. The molecule has 0 radical (unpaired) electrons. The molecule has 0 saturated carbocycles. The lowest BCUT2D eigenvalue weighted by molar-refractivity contribution is 0.403. The molecule has 2 unspecified atom stereocenters. The van der Waals surface area contributed by atoms with E-state index in [0.717, 1.165) is 5.75 Å². The highest BCUT2D eigenvalue weighted by Gasteiger charge is 2.27. The van der Waals surface area contributed by atoms with Crippen LogP contribution in [0.15, 0.2) is 18.2 Å². The molecule has 2 aromatic rings. The summed E-state index contributed by atoms with van der Waals surface area (Å²) in [5.41, 5.74) is 12.8. The SMILES string of the molecule is COc1ccc2c(c1C(C)C)CCCC2CCC(C)c1c(C)cc(C)c2c1CCC2. The fourth-order valence-electron chi connectivity index (χ4n) is 6.60. The average molecular weight is 405 g/mol. The van der Waals surface area contributed by atoms with E-state index < -0.39 is 0 Å². The molecule has 0 fully saturated rings. The first-order valence-corrected chi connectivity index (χ1v) is 12.2. The van der Waals surface area contributed by atoms with Crippen LogP contribution in [-0.4, -0.2) is 7.11 Å². The van der Waals surface area contributed by atoms with Crippen molar-refractivity contribution in [2.24, 2.45) is 0 Å². The summed E-state index contributed by atoms with van der Waals surface area (Å²) in [6.45, 7) is 11.8. The van der Waals surface area contributed by atoms with Gasteiger partial charge in [0.25, 0.3) is 0 Å². The van der Waals surface area contributed by atoms with Crippen LogP contribution in [0.25, 0.3) is 0 Å². The number of rotatable bonds is 6. The van der Waals surface area contributed by atoms with E-state index in [2.05, 4.69) is 52.8 Å². The molecule has 1 nitrogen and oxygen atoms in total. The van der Waals surface area contributed by atoms with Gasteiger partial charge in [-0.05, 0) is 128 Å². The number of aryl methyl sites for hydroxylation is 2. The number of hydrogen-bond acceptors (Lipinski definition) is 1. The van der Waals surface area contributed by atoms with Crippen LogP contribution in [0.3, 0.4) is 0 Å². The first-order chi connectivity index (χ1) is 14.4. The van der Waals surface area contributed by atoms with Gasteiger partial charge in [0.15, 0.2) is 0 Å². The molecule has 1 heteroatoms. The normalized spacial score (nSPS) is 19.0. The van der Waals surface area contributed by atoms with Crippen molar-refractivity contribution in [2.45, 2.75) is 104 Å². The van der Waals surface area contributed by atoms with E-state index in [0.29, 0.717) is 17.8 Å². The standard InChI is InChI=1S/C29H40O/c1-18(2)28-26-11-7-9-22(24(26)15-16-27(28)30-6)14-13-19(3)29-21(5)17-20(4)23-10-8-12-25(23)29/h15-19,22H,7-14H2,1-6H3. The van der Waals surface area contributed by atoms with Gasteiger partial charge in [0.2, 0.25) is 0 Å². The Hall–Kier alpha value is -1.76. The second-order valence-electron chi connectivity index (χ2n) is 10.2. The number of methoxy groups -OCH3 is 1. The molecule has 0 bridgehead atoms. The fourth-order valence-corrected chi connectivity index (χ4v) is 6.60. The van der Waals surface area contributed by atoms with Crippen LogP contribution in [0, 0.1) is 13.8 Å². The molecule has 4 rings (SSSR count). The molecule has 2 aliphatic carbocycles. The Labute approximate surface area is 184 Å². The molecule has 0 heterocycles. The summed E-state index contributed by atoms with van der Waals surface area (Å²) >= 11 is 0. The molecule has 30 heavy (non-hydrogen) atoms. The predicted molar refractivity (Wildman–Crippen MR) is 128 cm³/mol. The van der Waals surface area contributed by atoms with Crippen LogP contribution >= 0.6 is 0 Å². The molecule has 2 atom stereocenters. The van der Waals surface area contributed by atoms with E-state index in [1.54, 1.807) is 27.8 Å². The van der Waals surface area contributed by atoms with Crippen molar-refractivity contribution < 1.29 is 4.74 Å². The van der Waals surface area contributed by atoms with Gasteiger partial charge in [0.1, 0.15) is 5.75 Å². The third-order valence-electron chi connectivity index (χ3n) is 7.89. The minimum absolute atomic E-state index is 0.519. The van der Waals surface area contributed by atoms with E-state index in [1.807, 2.05) is 7.11 Å². The Kier molecular flexibility index (Phi) is 6.28. The Morgan fingerprint density at radius 2 is 1.63 bits per heavy atom. The Bertz CT molecular complexity index is 921. The molecule has 0 N–H and O–H groups in total. The maximum Gasteiger partial charge on any atom is 0.122 e. The van der Waals surface area contributed by atoms with Gasteiger partial charge >= 0.3 is 0 Å². The summed E-state index contributed by atoms with van der Waals surface area (Å²) in [7, 11) is 1.82. The van der Waals surface area contributed by atoms with Gasteiger partial charge in [-0.15, -0.1) is 0 Å². The van der Waals surface area contributed by atoms with Crippen molar-refractivity contribution in [3.8, 4) is 5.75 Å². The highest BCUT2D eigenvalue weighted by Crippen LogP contribution is 2.44. The van der Waals surface area contributed by atoms with Gasteiger partial charge in [-0.3, -0.25) is 0 Å². The first kappa shape index (κ1) is 21.5. The first-order valence-electron chi connectivity index (χ1n) is 12.2. The minimum atomic E-state index is 0.519. The topological polar surface area (TPSA) is 9.23 Å². The average Bonchev–Trinajstić information content (AvgIpc) is 3.21. The van der Waals surface area contributed by atoms with Crippen LogP contribution in [-0.2, 0) is 19.3 Å². The zero-order valence-electron chi connectivity index (χ0n) is 20.0. The third kappa shape index (κ3) is 3.81. The number of fused-ring (bicyclic) bond motifs is 2. The summed E-state index contributed by atoms with van der Waals surface area (Å²) in [4.78, 5) is 0. The van der Waals surface area contributed by atoms with Gasteiger partial charge in [-0.2, -0.15) is 0 Å². The van der Waals surface area contributed by atoms with E-state index in [4.69, 9.17) is 4.74 Å². The van der Waals surface area contributed by atoms with Crippen LogP contribution < -0.4 is 4.74 Å². The monoisotopic (exact) mass is 404 g/mol. The van der Waals surface area contributed by atoms with Crippen molar-refractivity contribution in [3.63, 3.8) is 0 Å². The molecular formula is C29H40O. The van der Waals surface area contributed by atoms with E-state index >= 15 is 0 Å². The van der Waals surface area contributed by atoms with Gasteiger partial charge in [0, 0.05) is 5.56 Å². The number of hydrogen-bond donors (Lipinski definition) is 0. The van der Waals surface area contributed by atoms with E-state index in [9.17, 15) is 0 Å². The molecule has 2 aromatic carbocycles. The van der Waals surface area contributed by atoms with Gasteiger partial charge < -0.3 is 4.74 Å². The lowest BCUT2D eigenvalue weighted by Crippen LogP contribution is -2.15. The molecule has 162 valence electrons. The van der Waals surface area contributed by atoms with Crippen LogP contribution in [0.1, 0.15) is 115 Å². The molecular weight excluding hydrogens is 364 g/mol. The largest absolute Gasteiger partial charge is 0.496 e. The number of ether oxygens (including phenoxy) is 1. The highest BCUT2D eigenvalue weighted by molar-refractivity contribution is 5.50. The molecule has 0 saturated heterocycles.